The summed E-state index contributed by atoms with van der Waals surface area (Å²) in [5, 5.41) is 9.32. The van der Waals surface area contributed by atoms with Crippen molar-refractivity contribution in [2.24, 2.45) is 0 Å². The summed E-state index contributed by atoms with van der Waals surface area (Å²) >= 11 is 4.11. The van der Waals surface area contributed by atoms with Crippen LogP contribution in [0.3, 0.4) is 0 Å². The summed E-state index contributed by atoms with van der Waals surface area (Å²) in [5.41, 5.74) is 0. The van der Waals surface area contributed by atoms with E-state index in [1.165, 1.54) is 17.9 Å². The normalized spacial score (nSPS) is 33.9. The lowest BCUT2D eigenvalue weighted by molar-refractivity contribution is 0.203. The van der Waals surface area contributed by atoms with Gasteiger partial charge in [0.05, 0.1) is 10.2 Å². The molecule has 2 rings (SSSR count). The Hall–Kier alpha value is 0.400. The fourth-order valence-electron chi connectivity index (χ4n) is 1.62. The van der Waals surface area contributed by atoms with Gasteiger partial charge >= 0.3 is 0 Å². The highest BCUT2D eigenvalue weighted by Crippen LogP contribution is 2.48. The van der Waals surface area contributed by atoms with Crippen LogP contribution in [0.4, 0.5) is 0 Å². The molecule has 0 bridgehead atoms. The number of hydrogen-bond donors (Lipinski definition) is 1. The molecule has 68 valence electrons. The third kappa shape index (κ3) is 1.83. The van der Waals surface area contributed by atoms with Crippen LogP contribution in [0, 0.1) is 0 Å². The minimum atomic E-state index is -0.182. The maximum absolute atomic E-state index is 9.32. The standard InChI is InChI=1S/C9H14OS2/c10-8-2-4-9(5-3-8)11-6-1-7-12-9/h2,4,8,10H,1,3,5-7H2/t8-/m1/s1. The number of thioether (sulfide) groups is 2. The molecule has 0 aromatic heterocycles. The quantitative estimate of drug-likeness (QED) is 0.609. The molecule has 0 aromatic rings. The minimum Gasteiger partial charge on any atom is -0.389 e. The summed E-state index contributed by atoms with van der Waals surface area (Å²) in [4.78, 5) is 0. The minimum absolute atomic E-state index is 0.182. The molecular formula is C9H14OS2. The van der Waals surface area contributed by atoms with E-state index in [0.717, 1.165) is 12.8 Å². The van der Waals surface area contributed by atoms with Crippen molar-refractivity contribution in [1.82, 2.24) is 0 Å². The molecule has 1 fully saturated rings. The molecule has 0 saturated carbocycles. The summed E-state index contributed by atoms with van der Waals surface area (Å²) in [5.74, 6) is 2.57. The zero-order valence-electron chi connectivity index (χ0n) is 7.03. The summed E-state index contributed by atoms with van der Waals surface area (Å²) in [6.07, 6.45) is 7.42. The third-order valence-corrected chi connectivity index (χ3v) is 5.69. The Bertz CT molecular complexity index is 185. The van der Waals surface area contributed by atoms with E-state index in [9.17, 15) is 5.11 Å². The maximum Gasteiger partial charge on any atom is 0.0793 e. The Balaban J connectivity index is 2.05. The Morgan fingerprint density at radius 3 is 2.67 bits per heavy atom. The molecule has 1 heterocycles. The van der Waals surface area contributed by atoms with Crippen molar-refractivity contribution >= 4 is 23.5 Å². The largest absolute Gasteiger partial charge is 0.389 e. The van der Waals surface area contributed by atoms with Crippen molar-refractivity contribution in [3.05, 3.63) is 12.2 Å². The van der Waals surface area contributed by atoms with E-state index < -0.39 is 0 Å². The first-order valence-electron chi connectivity index (χ1n) is 4.46. The second kappa shape index (κ2) is 3.64. The van der Waals surface area contributed by atoms with Gasteiger partial charge in [0.25, 0.3) is 0 Å². The summed E-state index contributed by atoms with van der Waals surface area (Å²) in [6, 6.07) is 0. The average Bonchev–Trinajstić information content (AvgIpc) is 2.13. The Labute approximate surface area is 82.0 Å². The van der Waals surface area contributed by atoms with Crippen LogP contribution in [0.1, 0.15) is 19.3 Å². The first-order valence-corrected chi connectivity index (χ1v) is 6.43. The van der Waals surface area contributed by atoms with Gasteiger partial charge in [-0.1, -0.05) is 12.2 Å². The maximum atomic E-state index is 9.32. The van der Waals surface area contributed by atoms with Gasteiger partial charge in [-0.05, 0) is 30.8 Å². The van der Waals surface area contributed by atoms with E-state index in [2.05, 4.69) is 29.6 Å². The van der Waals surface area contributed by atoms with E-state index in [1.807, 2.05) is 6.08 Å². The van der Waals surface area contributed by atoms with Crippen LogP contribution in [0.15, 0.2) is 12.2 Å². The molecule has 12 heavy (non-hydrogen) atoms. The Morgan fingerprint density at radius 2 is 2.08 bits per heavy atom. The molecule has 1 saturated heterocycles. The summed E-state index contributed by atoms with van der Waals surface area (Å²) in [7, 11) is 0. The van der Waals surface area contributed by atoms with E-state index in [1.54, 1.807) is 0 Å². The SMILES string of the molecule is O[C@@H]1C=CC2(CC1)SCCCS2. The zero-order valence-corrected chi connectivity index (χ0v) is 8.66. The highest BCUT2D eigenvalue weighted by Gasteiger charge is 2.33. The highest BCUT2D eigenvalue weighted by atomic mass is 32.2. The zero-order chi connectivity index (χ0) is 8.44. The molecule has 1 nitrogen and oxygen atoms in total. The molecule has 1 aliphatic carbocycles. The van der Waals surface area contributed by atoms with Gasteiger partial charge in [-0.25, -0.2) is 0 Å². The molecule has 2 aliphatic rings. The third-order valence-electron chi connectivity index (χ3n) is 2.34. The Morgan fingerprint density at radius 1 is 1.33 bits per heavy atom. The molecular weight excluding hydrogens is 188 g/mol. The van der Waals surface area contributed by atoms with Gasteiger partial charge in [-0.2, -0.15) is 0 Å². The molecule has 3 heteroatoms. The van der Waals surface area contributed by atoms with Gasteiger partial charge < -0.3 is 5.11 Å². The number of aliphatic hydroxyl groups is 1. The van der Waals surface area contributed by atoms with E-state index >= 15 is 0 Å². The van der Waals surface area contributed by atoms with Crippen molar-refractivity contribution in [2.75, 3.05) is 11.5 Å². The lowest BCUT2D eigenvalue weighted by atomic mass is 10.0. The Kier molecular flexibility index (Phi) is 2.72. The molecule has 1 aliphatic heterocycles. The van der Waals surface area contributed by atoms with Crippen molar-refractivity contribution < 1.29 is 5.11 Å². The van der Waals surface area contributed by atoms with Crippen LogP contribution in [0.25, 0.3) is 0 Å². The summed E-state index contributed by atoms with van der Waals surface area (Å²) < 4.78 is 0.331. The second-order valence-electron chi connectivity index (χ2n) is 3.33. The molecule has 0 amide bonds. The smallest absolute Gasteiger partial charge is 0.0793 e. The second-order valence-corrected chi connectivity index (χ2v) is 6.44. The lowest BCUT2D eigenvalue weighted by Gasteiger charge is -2.36. The van der Waals surface area contributed by atoms with Gasteiger partial charge in [0.2, 0.25) is 0 Å². The summed E-state index contributed by atoms with van der Waals surface area (Å²) in [6.45, 7) is 0. The first-order chi connectivity index (χ1) is 5.81. The molecule has 0 aromatic carbocycles. The predicted octanol–water partition coefficient (Wildman–Crippen LogP) is 2.26. The van der Waals surface area contributed by atoms with Gasteiger partial charge in [0.1, 0.15) is 0 Å². The average molecular weight is 202 g/mol. The van der Waals surface area contributed by atoms with Crippen LogP contribution in [-0.2, 0) is 0 Å². The fraction of sp³-hybridized carbons (Fsp3) is 0.778. The molecule has 1 N–H and O–H groups in total. The fourth-order valence-corrected chi connectivity index (χ4v) is 4.78. The van der Waals surface area contributed by atoms with Gasteiger partial charge in [-0.3, -0.25) is 0 Å². The van der Waals surface area contributed by atoms with Crippen molar-refractivity contribution in [1.29, 1.82) is 0 Å². The molecule has 0 unspecified atom stereocenters. The van der Waals surface area contributed by atoms with Crippen molar-refractivity contribution in [2.45, 2.75) is 29.4 Å². The van der Waals surface area contributed by atoms with E-state index in [0.29, 0.717) is 4.08 Å². The predicted molar refractivity (Wildman–Crippen MR) is 56.6 cm³/mol. The number of aliphatic hydroxyl groups excluding tert-OH is 1. The van der Waals surface area contributed by atoms with Crippen LogP contribution in [-0.4, -0.2) is 26.8 Å². The van der Waals surface area contributed by atoms with E-state index in [4.69, 9.17) is 0 Å². The molecule has 0 radical (unpaired) electrons. The highest BCUT2D eigenvalue weighted by molar-refractivity contribution is 8.19. The van der Waals surface area contributed by atoms with Crippen molar-refractivity contribution in [3.8, 4) is 0 Å². The van der Waals surface area contributed by atoms with Crippen LogP contribution >= 0.6 is 23.5 Å². The van der Waals surface area contributed by atoms with Gasteiger partial charge in [0.15, 0.2) is 0 Å². The number of rotatable bonds is 0. The van der Waals surface area contributed by atoms with Crippen molar-refractivity contribution in [3.63, 3.8) is 0 Å². The van der Waals surface area contributed by atoms with Crippen LogP contribution in [0.5, 0.6) is 0 Å². The molecule has 1 spiro atoms. The van der Waals surface area contributed by atoms with Crippen LogP contribution < -0.4 is 0 Å². The van der Waals surface area contributed by atoms with Gasteiger partial charge in [0, 0.05) is 0 Å². The first kappa shape index (κ1) is 8.97. The van der Waals surface area contributed by atoms with Gasteiger partial charge in [-0.15, -0.1) is 23.5 Å². The molecule has 1 atom stereocenters. The lowest BCUT2D eigenvalue weighted by Crippen LogP contribution is -2.28. The number of hydrogen-bond acceptors (Lipinski definition) is 3. The monoisotopic (exact) mass is 202 g/mol. The van der Waals surface area contributed by atoms with E-state index in [-0.39, 0.29) is 6.10 Å². The topological polar surface area (TPSA) is 20.2 Å². The van der Waals surface area contributed by atoms with Crippen LogP contribution in [0.2, 0.25) is 0 Å².